The first-order valence-electron chi connectivity index (χ1n) is 5.26. The predicted molar refractivity (Wildman–Crippen MR) is 58.0 cm³/mol. The third-order valence-corrected chi connectivity index (χ3v) is 2.09. The van der Waals surface area contributed by atoms with Gasteiger partial charge in [0.25, 0.3) is 0 Å². The number of aliphatic hydroxyl groups excluding tert-OH is 1. The van der Waals surface area contributed by atoms with Gasteiger partial charge in [-0.1, -0.05) is 0 Å². The number of carboxylic acids is 1. The number of carbonyl (C=O) groups is 1. The van der Waals surface area contributed by atoms with E-state index in [1.54, 1.807) is 6.20 Å². The third-order valence-electron chi connectivity index (χ3n) is 2.09. The van der Waals surface area contributed by atoms with Crippen molar-refractivity contribution in [2.24, 2.45) is 0 Å². The molecular weight excluding hydrogens is 210 g/mol. The summed E-state index contributed by atoms with van der Waals surface area (Å²) < 4.78 is 1.83. The molecule has 0 amide bonds. The predicted octanol–water partition coefficient (Wildman–Crippen LogP) is -0.302. The molecule has 1 aromatic heterocycles. The summed E-state index contributed by atoms with van der Waals surface area (Å²) in [6, 6.07) is 1.87. The van der Waals surface area contributed by atoms with Crippen molar-refractivity contribution in [3.63, 3.8) is 0 Å². The average Bonchev–Trinajstić information content (AvgIpc) is 2.68. The molecule has 0 aliphatic rings. The largest absolute Gasteiger partial charge is 0.481 e. The average molecular weight is 227 g/mol. The van der Waals surface area contributed by atoms with Crippen LogP contribution in [-0.2, 0) is 11.3 Å². The van der Waals surface area contributed by atoms with Crippen LogP contribution in [0, 0.1) is 0 Å². The van der Waals surface area contributed by atoms with Crippen molar-refractivity contribution in [3.8, 4) is 0 Å². The van der Waals surface area contributed by atoms with E-state index in [4.69, 9.17) is 5.11 Å². The highest BCUT2D eigenvalue weighted by molar-refractivity contribution is 5.67. The molecule has 0 saturated carbocycles. The second-order valence-electron chi connectivity index (χ2n) is 3.58. The highest BCUT2D eigenvalue weighted by atomic mass is 16.4. The number of aryl methyl sites for hydroxylation is 1. The number of nitrogens with one attached hydrogen (secondary N) is 1. The molecule has 1 atom stereocenters. The van der Waals surface area contributed by atoms with Gasteiger partial charge < -0.3 is 15.5 Å². The Morgan fingerprint density at radius 2 is 2.38 bits per heavy atom. The maximum atomic E-state index is 10.3. The van der Waals surface area contributed by atoms with Gasteiger partial charge in [-0.2, -0.15) is 5.10 Å². The fourth-order valence-corrected chi connectivity index (χ4v) is 1.34. The van der Waals surface area contributed by atoms with Crippen LogP contribution < -0.4 is 5.32 Å². The first-order valence-corrected chi connectivity index (χ1v) is 5.26. The van der Waals surface area contributed by atoms with Crippen LogP contribution in [-0.4, -0.2) is 45.2 Å². The van der Waals surface area contributed by atoms with Crippen molar-refractivity contribution in [2.45, 2.75) is 25.5 Å². The lowest BCUT2D eigenvalue weighted by Crippen LogP contribution is -2.29. The van der Waals surface area contributed by atoms with E-state index < -0.39 is 12.1 Å². The summed E-state index contributed by atoms with van der Waals surface area (Å²) in [5.74, 6) is -0.981. The van der Waals surface area contributed by atoms with Gasteiger partial charge in [0.15, 0.2) is 0 Å². The number of aliphatic hydroxyl groups is 1. The molecule has 1 aromatic rings. The summed E-state index contributed by atoms with van der Waals surface area (Å²) in [5, 5.41) is 24.7. The Balaban J connectivity index is 1.97. The second kappa shape index (κ2) is 6.97. The van der Waals surface area contributed by atoms with E-state index in [-0.39, 0.29) is 6.42 Å². The molecule has 1 heterocycles. The lowest BCUT2D eigenvalue weighted by molar-refractivity contribution is -0.139. The van der Waals surface area contributed by atoms with E-state index in [1.807, 2.05) is 16.9 Å². The first kappa shape index (κ1) is 12.7. The summed E-state index contributed by atoms with van der Waals surface area (Å²) >= 11 is 0. The van der Waals surface area contributed by atoms with Crippen molar-refractivity contribution in [1.82, 2.24) is 15.1 Å². The van der Waals surface area contributed by atoms with Crippen molar-refractivity contribution in [1.29, 1.82) is 0 Å². The van der Waals surface area contributed by atoms with Crippen molar-refractivity contribution < 1.29 is 15.0 Å². The minimum atomic E-state index is -0.981. The van der Waals surface area contributed by atoms with Gasteiger partial charge in [0.05, 0.1) is 12.5 Å². The third kappa shape index (κ3) is 5.47. The number of aliphatic carboxylic acids is 1. The van der Waals surface area contributed by atoms with E-state index in [0.717, 1.165) is 19.5 Å². The minimum Gasteiger partial charge on any atom is -0.481 e. The SMILES string of the molecule is O=C(O)CC(O)CNCCCn1cccn1. The standard InChI is InChI=1S/C10H17N3O3/c14-9(7-10(15)16)8-11-3-1-5-13-6-2-4-12-13/h2,4,6,9,11,14H,1,3,5,7-8H2,(H,15,16). The zero-order chi connectivity index (χ0) is 11.8. The van der Waals surface area contributed by atoms with Crippen LogP contribution in [0.2, 0.25) is 0 Å². The highest BCUT2D eigenvalue weighted by Crippen LogP contribution is 1.91. The van der Waals surface area contributed by atoms with E-state index >= 15 is 0 Å². The number of rotatable bonds is 8. The molecule has 6 nitrogen and oxygen atoms in total. The molecule has 3 N–H and O–H groups in total. The zero-order valence-electron chi connectivity index (χ0n) is 9.04. The number of carboxylic acid groups (broad SMARTS) is 1. The van der Waals surface area contributed by atoms with Crippen LogP contribution in [0.15, 0.2) is 18.5 Å². The maximum Gasteiger partial charge on any atom is 0.306 e. The van der Waals surface area contributed by atoms with Crippen molar-refractivity contribution in [2.75, 3.05) is 13.1 Å². The van der Waals surface area contributed by atoms with Crippen LogP contribution >= 0.6 is 0 Å². The van der Waals surface area contributed by atoms with Crippen LogP contribution in [0.1, 0.15) is 12.8 Å². The molecule has 6 heteroatoms. The summed E-state index contributed by atoms with van der Waals surface area (Å²) in [6.45, 7) is 1.86. The Morgan fingerprint density at radius 3 is 3.00 bits per heavy atom. The quantitative estimate of drug-likeness (QED) is 0.531. The summed E-state index contributed by atoms with van der Waals surface area (Å²) in [7, 11) is 0. The van der Waals surface area contributed by atoms with E-state index in [0.29, 0.717) is 6.54 Å². The molecule has 0 spiro atoms. The first-order chi connectivity index (χ1) is 7.68. The monoisotopic (exact) mass is 227 g/mol. The van der Waals surface area contributed by atoms with E-state index in [1.165, 1.54) is 0 Å². The number of aromatic nitrogens is 2. The van der Waals surface area contributed by atoms with Gasteiger partial charge >= 0.3 is 5.97 Å². The molecule has 0 radical (unpaired) electrons. The van der Waals surface area contributed by atoms with E-state index in [2.05, 4.69) is 10.4 Å². The van der Waals surface area contributed by atoms with Crippen molar-refractivity contribution in [3.05, 3.63) is 18.5 Å². The van der Waals surface area contributed by atoms with Gasteiger partial charge in [-0.05, 0) is 19.0 Å². The molecule has 0 saturated heterocycles. The number of hydrogen-bond acceptors (Lipinski definition) is 4. The Labute approximate surface area is 93.9 Å². The van der Waals surface area contributed by atoms with Crippen LogP contribution in [0.3, 0.4) is 0 Å². The molecule has 16 heavy (non-hydrogen) atoms. The van der Waals surface area contributed by atoms with Gasteiger partial charge in [0, 0.05) is 25.5 Å². The molecule has 1 unspecified atom stereocenters. The Bertz CT molecular complexity index is 300. The molecular formula is C10H17N3O3. The Morgan fingerprint density at radius 1 is 1.56 bits per heavy atom. The van der Waals surface area contributed by atoms with Gasteiger partial charge in [-0.3, -0.25) is 9.48 Å². The summed E-state index contributed by atoms with van der Waals surface area (Å²) in [5.41, 5.74) is 0. The van der Waals surface area contributed by atoms with Crippen LogP contribution in [0.5, 0.6) is 0 Å². The molecule has 0 bridgehead atoms. The summed E-state index contributed by atoms with van der Waals surface area (Å²) in [4.78, 5) is 10.3. The van der Waals surface area contributed by atoms with Crippen molar-refractivity contribution >= 4 is 5.97 Å². The highest BCUT2D eigenvalue weighted by Gasteiger charge is 2.07. The zero-order valence-corrected chi connectivity index (χ0v) is 9.04. The van der Waals surface area contributed by atoms with Gasteiger partial charge in [-0.25, -0.2) is 0 Å². The smallest absolute Gasteiger partial charge is 0.306 e. The number of nitrogens with zero attached hydrogens (tertiary/aromatic N) is 2. The normalized spacial score (nSPS) is 12.6. The Kier molecular flexibility index (Phi) is 5.52. The van der Waals surface area contributed by atoms with Crippen LogP contribution in [0.4, 0.5) is 0 Å². The Hall–Kier alpha value is -1.40. The molecule has 0 aromatic carbocycles. The maximum absolute atomic E-state index is 10.3. The number of hydrogen-bond donors (Lipinski definition) is 3. The lowest BCUT2D eigenvalue weighted by Gasteiger charge is -2.09. The second-order valence-corrected chi connectivity index (χ2v) is 3.58. The summed E-state index contributed by atoms with van der Waals surface area (Å²) in [6.07, 6.45) is 3.47. The molecule has 1 rings (SSSR count). The molecule has 0 aliphatic carbocycles. The van der Waals surface area contributed by atoms with Gasteiger partial charge in [-0.15, -0.1) is 0 Å². The molecule has 90 valence electrons. The van der Waals surface area contributed by atoms with Gasteiger partial charge in [0.2, 0.25) is 0 Å². The van der Waals surface area contributed by atoms with E-state index in [9.17, 15) is 9.90 Å². The minimum absolute atomic E-state index is 0.216. The fraction of sp³-hybridized carbons (Fsp3) is 0.600. The lowest BCUT2D eigenvalue weighted by atomic mass is 10.2. The molecule has 0 aliphatic heterocycles. The molecule has 0 fully saturated rings. The van der Waals surface area contributed by atoms with Gasteiger partial charge in [0.1, 0.15) is 0 Å². The van der Waals surface area contributed by atoms with Crippen LogP contribution in [0.25, 0.3) is 0 Å². The fourth-order valence-electron chi connectivity index (χ4n) is 1.34. The topological polar surface area (TPSA) is 87.4 Å².